The van der Waals surface area contributed by atoms with Gasteiger partial charge in [-0.2, -0.15) is 14.5 Å². The van der Waals surface area contributed by atoms with E-state index >= 15 is 0 Å². The zero-order valence-corrected chi connectivity index (χ0v) is 9.03. The molecule has 0 fully saturated rings. The normalized spacial score (nSPS) is 10.5. The highest BCUT2D eigenvalue weighted by Gasteiger charge is 2.01. The maximum Gasteiger partial charge on any atom is 0.233 e. The minimum atomic E-state index is 0.304. The number of hydrogen-bond acceptors (Lipinski definition) is 7. The molecule has 0 amide bonds. The molecule has 0 unspecified atom stereocenters. The van der Waals surface area contributed by atoms with E-state index in [1.807, 2.05) is 7.05 Å². The van der Waals surface area contributed by atoms with Crippen LogP contribution in [0.25, 0.3) is 0 Å². The van der Waals surface area contributed by atoms with Crippen molar-refractivity contribution in [3.63, 3.8) is 0 Å². The van der Waals surface area contributed by atoms with Crippen molar-refractivity contribution in [2.24, 2.45) is 7.05 Å². The zero-order chi connectivity index (χ0) is 10.7. The van der Waals surface area contributed by atoms with E-state index in [4.69, 9.17) is 5.73 Å². The summed E-state index contributed by atoms with van der Waals surface area (Å²) >= 11 is 1.25. The van der Waals surface area contributed by atoms with E-state index in [0.717, 1.165) is 23.9 Å². The number of hydrogen-bond donors (Lipinski definition) is 2. The third-order valence-corrected chi connectivity index (χ3v) is 2.40. The van der Waals surface area contributed by atoms with E-state index < -0.39 is 0 Å². The third-order valence-electron chi connectivity index (χ3n) is 1.71. The number of rotatable bonds is 4. The average Bonchev–Trinajstić information content (AvgIpc) is 2.76. The molecule has 3 N–H and O–H groups in total. The predicted molar refractivity (Wildman–Crippen MR) is 57.5 cm³/mol. The van der Waals surface area contributed by atoms with E-state index in [0.29, 0.717) is 5.95 Å². The molecule has 0 aliphatic heterocycles. The first kappa shape index (κ1) is 9.84. The number of nitrogens with one attached hydrogen (secondary N) is 1. The number of nitrogens with zero attached hydrogens (tertiary/aromatic N) is 5. The zero-order valence-electron chi connectivity index (χ0n) is 8.21. The van der Waals surface area contributed by atoms with Gasteiger partial charge in [0, 0.05) is 31.5 Å². The lowest BCUT2D eigenvalue weighted by atomic mass is 10.4. The van der Waals surface area contributed by atoms with Gasteiger partial charge in [-0.05, 0) is 0 Å². The first-order chi connectivity index (χ1) is 7.24. The molecule has 0 saturated carbocycles. The molecule has 2 heterocycles. The van der Waals surface area contributed by atoms with E-state index in [1.165, 1.54) is 11.5 Å². The minimum absolute atomic E-state index is 0.304. The summed E-state index contributed by atoms with van der Waals surface area (Å²) in [6.45, 7) is 0.721. The molecule has 2 aromatic rings. The second-order valence-corrected chi connectivity index (χ2v) is 3.72. The highest BCUT2D eigenvalue weighted by atomic mass is 32.1. The second-order valence-electron chi connectivity index (χ2n) is 2.97. The summed E-state index contributed by atoms with van der Waals surface area (Å²) in [5.74, 6) is 1.11. The van der Waals surface area contributed by atoms with E-state index in [1.54, 1.807) is 11.0 Å². The first-order valence-corrected chi connectivity index (χ1v) is 5.19. The molecule has 80 valence electrons. The van der Waals surface area contributed by atoms with Crippen LogP contribution in [0.4, 0.5) is 11.1 Å². The molecule has 2 rings (SSSR count). The molecular formula is C7H11N7S. The van der Waals surface area contributed by atoms with Crippen LogP contribution in [0, 0.1) is 0 Å². The van der Waals surface area contributed by atoms with Crippen molar-refractivity contribution in [2.45, 2.75) is 6.42 Å². The Morgan fingerprint density at radius 3 is 3.07 bits per heavy atom. The van der Waals surface area contributed by atoms with Crippen molar-refractivity contribution < 1.29 is 0 Å². The highest BCUT2D eigenvalue weighted by Crippen LogP contribution is 2.11. The quantitative estimate of drug-likeness (QED) is 0.754. The molecule has 8 heteroatoms. The van der Waals surface area contributed by atoms with Gasteiger partial charge in [-0.25, -0.2) is 4.98 Å². The fourth-order valence-corrected chi connectivity index (χ4v) is 1.61. The van der Waals surface area contributed by atoms with Gasteiger partial charge in [-0.1, -0.05) is 0 Å². The lowest BCUT2D eigenvalue weighted by Crippen LogP contribution is -2.06. The standard InChI is InChI=1S/C7H11N7S/c1-14-4-10-5(12-14)2-3-9-7-11-6(8)13-15-7/h4H,2-3H2,1H3,(H3,8,9,11,13). The minimum Gasteiger partial charge on any atom is -0.367 e. The summed E-state index contributed by atoms with van der Waals surface area (Å²) < 4.78 is 5.54. The molecule has 0 aromatic carbocycles. The number of aryl methyl sites for hydroxylation is 1. The monoisotopic (exact) mass is 225 g/mol. The lowest BCUT2D eigenvalue weighted by molar-refractivity contribution is 0.742. The van der Waals surface area contributed by atoms with Gasteiger partial charge in [-0.15, -0.1) is 0 Å². The maximum absolute atomic E-state index is 5.38. The summed E-state index contributed by atoms with van der Waals surface area (Å²) in [6.07, 6.45) is 2.43. The van der Waals surface area contributed by atoms with Crippen LogP contribution < -0.4 is 11.1 Å². The Labute approximate surface area is 90.5 Å². The van der Waals surface area contributed by atoms with Gasteiger partial charge in [0.05, 0.1) is 0 Å². The van der Waals surface area contributed by atoms with Crippen LogP contribution in [0.1, 0.15) is 5.82 Å². The van der Waals surface area contributed by atoms with Gasteiger partial charge in [-0.3, -0.25) is 4.68 Å². The van der Waals surface area contributed by atoms with Gasteiger partial charge in [0.25, 0.3) is 0 Å². The fourth-order valence-electron chi connectivity index (χ4n) is 1.09. The van der Waals surface area contributed by atoms with Crippen molar-refractivity contribution in [3.05, 3.63) is 12.2 Å². The number of nitrogens with two attached hydrogens (primary N) is 1. The van der Waals surface area contributed by atoms with Gasteiger partial charge < -0.3 is 11.1 Å². The summed E-state index contributed by atoms with van der Waals surface area (Å²) in [4.78, 5) is 8.08. The number of anilines is 2. The van der Waals surface area contributed by atoms with Crippen LogP contribution in [-0.4, -0.2) is 30.7 Å². The molecule has 0 saturated heterocycles. The molecule has 0 atom stereocenters. The summed E-state index contributed by atoms with van der Waals surface area (Å²) in [6, 6.07) is 0. The summed E-state index contributed by atoms with van der Waals surface area (Å²) in [7, 11) is 1.84. The Kier molecular flexibility index (Phi) is 2.77. The number of nitrogen functional groups attached to an aromatic ring is 1. The Morgan fingerprint density at radius 1 is 1.60 bits per heavy atom. The maximum atomic E-state index is 5.38. The van der Waals surface area contributed by atoms with Crippen molar-refractivity contribution >= 4 is 22.6 Å². The van der Waals surface area contributed by atoms with Gasteiger partial charge in [0.2, 0.25) is 11.1 Å². The Bertz CT molecular complexity index is 394. The van der Waals surface area contributed by atoms with E-state index in [-0.39, 0.29) is 0 Å². The second kappa shape index (κ2) is 4.22. The Hall–Kier alpha value is -1.70. The summed E-state index contributed by atoms with van der Waals surface area (Å²) in [5.41, 5.74) is 5.38. The molecule has 0 aliphatic rings. The molecule has 0 bridgehead atoms. The van der Waals surface area contributed by atoms with Crippen molar-refractivity contribution in [2.75, 3.05) is 17.6 Å². The van der Waals surface area contributed by atoms with Crippen LogP contribution in [0.15, 0.2) is 6.33 Å². The van der Waals surface area contributed by atoms with Crippen LogP contribution in [-0.2, 0) is 13.5 Å². The van der Waals surface area contributed by atoms with Crippen LogP contribution in [0.2, 0.25) is 0 Å². The number of aromatic nitrogens is 5. The fraction of sp³-hybridized carbons (Fsp3) is 0.429. The van der Waals surface area contributed by atoms with Crippen LogP contribution in [0.3, 0.4) is 0 Å². The molecular weight excluding hydrogens is 214 g/mol. The summed E-state index contributed by atoms with van der Waals surface area (Å²) in [5, 5.41) is 7.98. The van der Waals surface area contributed by atoms with Crippen molar-refractivity contribution in [1.82, 2.24) is 24.1 Å². The molecule has 0 aliphatic carbocycles. The molecule has 2 aromatic heterocycles. The lowest BCUT2D eigenvalue weighted by Gasteiger charge is -1.97. The van der Waals surface area contributed by atoms with Gasteiger partial charge in [0.15, 0.2) is 5.82 Å². The predicted octanol–water partition coefficient (Wildman–Crippen LogP) is -0.0966. The van der Waals surface area contributed by atoms with E-state index in [9.17, 15) is 0 Å². The largest absolute Gasteiger partial charge is 0.367 e. The van der Waals surface area contributed by atoms with Gasteiger partial charge in [0.1, 0.15) is 6.33 Å². The smallest absolute Gasteiger partial charge is 0.233 e. The Morgan fingerprint density at radius 2 is 2.47 bits per heavy atom. The Balaban J connectivity index is 1.80. The van der Waals surface area contributed by atoms with E-state index in [2.05, 4.69) is 24.8 Å². The SMILES string of the molecule is Cn1cnc(CCNc2nc(N)ns2)n1. The molecule has 7 nitrogen and oxygen atoms in total. The van der Waals surface area contributed by atoms with Crippen molar-refractivity contribution in [3.8, 4) is 0 Å². The topological polar surface area (TPSA) is 94.5 Å². The molecule has 0 radical (unpaired) electrons. The van der Waals surface area contributed by atoms with Crippen LogP contribution >= 0.6 is 11.5 Å². The first-order valence-electron chi connectivity index (χ1n) is 4.41. The third kappa shape index (κ3) is 2.62. The molecule has 15 heavy (non-hydrogen) atoms. The highest BCUT2D eigenvalue weighted by molar-refractivity contribution is 7.09. The van der Waals surface area contributed by atoms with Gasteiger partial charge >= 0.3 is 0 Å². The van der Waals surface area contributed by atoms with Crippen molar-refractivity contribution in [1.29, 1.82) is 0 Å². The molecule has 0 spiro atoms. The van der Waals surface area contributed by atoms with Crippen LogP contribution in [0.5, 0.6) is 0 Å². The average molecular weight is 225 g/mol.